The smallest absolute Gasteiger partial charge is 0.416 e. The molecule has 1 atom stereocenters. The number of hydrogen-bond acceptors (Lipinski definition) is 6. The molecule has 6 rings (SSSR count). The van der Waals surface area contributed by atoms with Crippen LogP contribution in [0.4, 0.5) is 18.9 Å². The predicted octanol–water partition coefficient (Wildman–Crippen LogP) is 5.31. The molecule has 4 aromatic rings. The number of rotatable bonds is 8. The molecule has 0 saturated carbocycles. The molecule has 2 aliphatic rings. The van der Waals surface area contributed by atoms with E-state index in [1.807, 2.05) is 25.1 Å². The molecule has 11 heteroatoms. The predicted molar refractivity (Wildman–Crippen MR) is 151 cm³/mol. The third-order valence-electron chi connectivity index (χ3n) is 7.86. The summed E-state index contributed by atoms with van der Waals surface area (Å²) in [4.78, 5) is 22.3. The second-order valence-electron chi connectivity index (χ2n) is 10.4. The third kappa shape index (κ3) is 5.08. The van der Waals surface area contributed by atoms with Gasteiger partial charge in [-0.1, -0.05) is 13.0 Å². The van der Waals surface area contributed by atoms with E-state index in [1.54, 1.807) is 21.4 Å². The molecule has 1 saturated heterocycles. The molecular formula is C31H31F3N4O4. The summed E-state index contributed by atoms with van der Waals surface area (Å²) in [7, 11) is 3.06. The van der Waals surface area contributed by atoms with Crippen molar-refractivity contribution in [3.63, 3.8) is 0 Å². The lowest BCUT2D eigenvalue weighted by molar-refractivity contribution is -0.137. The number of aryl methyl sites for hydroxylation is 1. The van der Waals surface area contributed by atoms with Gasteiger partial charge in [0.1, 0.15) is 11.4 Å². The molecule has 1 fully saturated rings. The lowest BCUT2D eigenvalue weighted by Gasteiger charge is -2.36. The van der Waals surface area contributed by atoms with Crippen molar-refractivity contribution in [1.29, 1.82) is 0 Å². The molecule has 0 spiro atoms. The summed E-state index contributed by atoms with van der Waals surface area (Å²) in [6, 6.07) is 12.8. The van der Waals surface area contributed by atoms with Gasteiger partial charge in [0, 0.05) is 37.9 Å². The number of nitrogens with zero attached hydrogens (tertiary/aromatic N) is 4. The Morgan fingerprint density at radius 3 is 2.43 bits per heavy atom. The summed E-state index contributed by atoms with van der Waals surface area (Å²) in [6.45, 7) is 4.25. The van der Waals surface area contributed by atoms with Crippen LogP contribution in [0.1, 0.15) is 41.0 Å². The van der Waals surface area contributed by atoms with Crippen LogP contribution in [0.25, 0.3) is 5.65 Å². The fourth-order valence-electron chi connectivity index (χ4n) is 5.60. The van der Waals surface area contributed by atoms with E-state index >= 15 is 0 Å². The normalized spacial score (nSPS) is 16.4. The Balaban J connectivity index is 1.37. The van der Waals surface area contributed by atoms with Crippen LogP contribution >= 0.6 is 0 Å². The van der Waals surface area contributed by atoms with Gasteiger partial charge < -0.3 is 28.4 Å². The molecule has 4 heterocycles. The number of halogens is 3. The maximum atomic E-state index is 13.8. The van der Waals surface area contributed by atoms with Crippen LogP contribution in [-0.4, -0.2) is 60.7 Å². The van der Waals surface area contributed by atoms with Gasteiger partial charge in [-0.3, -0.25) is 4.79 Å². The number of hydrogen-bond donors (Lipinski definition) is 0. The highest BCUT2D eigenvalue weighted by atomic mass is 19.4. The van der Waals surface area contributed by atoms with Crippen LogP contribution in [0.3, 0.4) is 0 Å². The highest BCUT2D eigenvalue weighted by molar-refractivity contribution is 5.79. The van der Waals surface area contributed by atoms with Crippen molar-refractivity contribution in [3.05, 3.63) is 82.8 Å². The summed E-state index contributed by atoms with van der Waals surface area (Å²) < 4.78 is 59.1. The molecule has 220 valence electrons. The maximum Gasteiger partial charge on any atom is 0.416 e. The van der Waals surface area contributed by atoms with E-state index < -0.39 is 17.8 Å². The van der Waals surface area contributed by atoms with Crippen molar-refractivity contribution in [3.8, 4) is 17.2 Å². The Morgan fingerprint density at radius 1 is 0.976 bits per heavy atom. The van der Waals surface area contributed by atoms with E-state index in [0.717, 1.165) is 42.9 Å². The minimum absolute atomic E-state index is 0.171. The van der Waals surface area contributed by atoms with Crippen LogP contribution in [-0.2, 0) is 23.8 Å². The molecule has 2 aromatic heterocycles. The highest BCUT2D eigenvalue weighted by Gasteiger charge is 2.37. The molecule has 0 N–H and O–H groups in total. The number of carbonyl (C=O) groups excluding carboxylic acids is 1. The van der Waals surface area contributed by atoms with Gasteiger partial charge in [-0.15, -0.1) is 0 Å². The molecular weight excluding hydrogens is 549 g/mol. The largest absolute Gasteiger partial charge is 0.493 e. The van der Waals surface area contributed by atoms with E-state index in [9.17, 15) is 18.0 Å². The maximum absolute atomic E-state index is 13.8. The fraction of sp³-hybridized carbons (Fsp3) is 0.355. The number of anilines is 1. The summed E-state index contributed by atoms with van der Waals surface area (Å²) in [5.41, 5.74) is 3.53. The van der Waals surface area contributed by atoms with Crippen LogP contribution in [0.5, 0.6) is 17.2 Å². The van der Waals surface area contributed by atoms with Crippen molar-refractivity contribution < 1.29 is 32.2 Å². The van der Waals surface area contributed by atoms with Crippen molar-refractivity contribution in [1.82, 2.24) is 14.3 Å². The average molecular weight is 581 g/mol. The molecule has 1 amide bonds. The van der Waals surface area contributed by atoms with Crippen LogP contribution in [0, 0.1) is 0 Å². The van der Waals surface area contributed by atoms with Crippen molar-refractivity contribution >= 4 is 17.2 Å². The molecule has 0 aliphatic carbocycles. The Kier molecular flexibility index (Phi) is 7.12. The zero-order valence-corrected chi connectivity index (χ0v) is 23.6. The van der Waals surface area contributed by atoms with Gasteiger partial charge in [0.25, 0.3) is 5.91 Å². The molecule has 0 radical (unpaired) electrons. The Labute approximate surface area is 241 Å². The number of pyridine rings is 1. The van der Waals surface area contributed by atoms with Gasteiger partial charge in [-0.2, -0.15) is 13.2 Å². The second-order valence-corrected chi connectivity index (χ2v) is 10.4. The Hall–Kier alpha value is -4.41. The van der Waals surface area contributed by atoms with Crippen LogP contribution < -0.4 is 19.1 Å². The highest BCUT2D eigenvalue weighted by Crippen LogP contribution is 2.40. The standard InChI is InChI=1S/C31H31F3N4O4/c1-4-19-15-22(36-13-14-36)6-8-24(19)42-18-28(39)38-12-10-23-30(29(38)20-5-7-25(40-2)26(16-20)41-3)37-11-9-21(31(32,33)34)17-27(37)35-23/h5-9,11,15-17,29H,4,10,12-14,18H2,1-3H3. The first kappa shape index (κ1) is 27.7. The Bertz CT molecular complexity index is 1650. The number of alkyl halides is 3. The number of methoxy groups -OCH3 is 2. The first-order valence-corrected chi connectivity index (χ1v) is 13.8. The molecule has 8 nitrogen and oxygen atoms in total. The van der Waals surface area contributed by atoms with Crippen molar-refractivity contribution in [2.75, 3.05) is 45.4 Å². The van der Waals surface area contributed by atoms with Gasteiger partial charge in [0.05, 0.1) is 37.2 Å². The number of benzene rings is 2. The fourth-order valence-corrected chi connectivity index (χ4v) is 5.60. The monoisotopic (exact) mass is 580 g/mol. The summed E-state index contributed by atoms with van der Waals surface area (Å²) in [5, 5.41) is 0. The Morgan fingerprint density at radius 2 is 1.74 bits per heavy atom. The number of carbonyl (C=O) groups is 1. The lowest BCUT2D eigenvalue weighted by atomic mass is 9.95. The van der Waals surface area contributed by atoms with Gasteiger partial charge in [0.15, 0.2) is 18.1 Å². The third-order valence-corrected chi connectivity index (χ3v) is 7.86. The van der Waals surface area contributed by atoms with Crippen LogP contribution in [0.15, 0.2) is 54.7 Å². The SMILES string of the molecule is CCc1cc(N2CC2)ccc1OCC(=O)N1CCc2nc3cc(C(F)(F)F)ccn3c2C1c1ccc(OC)c(OC)c1. The van der Waals surface area contributed by atoms with E-state index in [-0.39, 0.29) is 18.2 Å². The van der Waals surface area contributed by atoms with Gasteiger partial charge in [-0.25, -0.2) is 4.98 Å². The number of ether oxygens (including phenoxy) is 3. The average Bonchev–Trinajstić information content (AvgIpc) is 3.78. The van der Waals surface area contributed by atoms with E-state index in [4.69, 9.17) is 14.2 Å². The number of fused-ring (bicyclic) bond motifs is 3. The molecule has 2 aliphatic heterocycles. The first-order valence-electron chi connectivity index (χ1n) is 13.8. The van der Waals surface area contributed by atoms with E-state index in [1.165, 1.54) is 20.4 Å². The topological polar surface area (TPSA) is 68.3 Å². The quantitative estimate of drug-likeness (QED) is 0.264. The van der Waals surface area contributed by atoms with E-state index in [2.05, 4.69) is 16.0 Å². The number of imidazole rings is 1. The lowest BCUT2D eigenvalue weighted by Crippen LogP contribution is -2.43. The molecule has 1 unspecified atom stereocenters. The molecule has 2 aromatic carbocycles. The van der Waals surface area contributed by atoms with Gasteiger partial charge in [-0.05, 0) is 60.0 Å². The van der Waals surface area contributed by atoms with Crippen LogP contribution in [0.2, 0.25) is 0 Å². The minimum Gasteiger partial charge on any atom is -0.493 e. The van der Waals surface area contributed by atoms with E-state index in [0.29, 0.717) is 47.2 Å². The zero-order valence-electron chi connectivity index (χ0n) is 23.6. The van der Waals surface area contributed by atoms with Gasteiger partial charge >= 0.3 is 6.18 Å². The second kappa shape index (κ2) is 10.8. The number of amides is 1. The van der Waals surface area contributed by atoms with Crippen molar-refractivity contribution in [2.24, 2.45) is 0 Å². The molecule has 42 heavy (non-hydrogen) atoms. The van der Waals surface area contributed by atoms with Crippen molar-refractivity contribution in [2.45, 2.75) is 32.0 Å². The zero-order chi connectivity index (χ0) is 29.6. The minimum atomic E-state index is -4.50. The summed E-state index contributed by atoms with van der Waals surface area (Å²) in [6.07, 6.45) is -1.98. The van der Waals surface area contributed by atoms with Gasteiger partial charge in [0.2, 0.25) is 0 Å². The summed E-state index contributed by atoms with van der Waals surface area (Å²) >= 11 is 0. The molecule has 0 bridgehead atoms. The number of aromatic nitrogens is 2. The first-order chi connectivity index (χ1) is 20.2. The summed E-state index contributed by atoms with van der Waals surface area (Å²) in [5.74, 6) is 1.40.